The number of hydrogen-bond acceptors (Lipinski definition) is 9. The van der Waals surface area contributed by atoms with E-state index in [1.165, 1.54) is 6.42 Å². The number of carbonyl (C=O) groups is 5. The molecule has 5 amide bonds. The van der Waals surface area contributed by atoms with Crippen LogP contribution in [0.2, 0.25) is 0 Å². The molecular formula is C26H36N7O7+. The number of carboxylic acids is 1. The lowest BCUT2D eigenvalue weighted by molar-refractivity contribution is -0.759. The maximum Gasteiger partial charge on any atom is 0.425 e. The van der Waals surface area contributed by atoms with E-state index in [1.807, 2.05) is 6.07 Å². The first-order chi connectivity index (χ1) is 19.2. The van der Waals surface area contributed by atoms with Gasteiger partial charge in [0.2, 0.25) is 0 Å². The van der Waals surface area contributed by atoms with Gasteiger partial charge in [-0.05, 0) is 18.4 Å². The summed E-state index contributed by atoms with van der Waals surface area (Å²) in [5.74, 6) is -1.80. The van der Waals surface area contributed by atoms with Crippen molar-refractivity contribution in [3.63, 3.8) is 0 Å². The van der Waals surface area contributed by atoms with E-state index in [-0.39, 0.29) is 25.7 Å². The number of rotatable bonds is 12. The van der Waals surface area contributed by atoms with Crippen LogP contribution >= 0.6 is 0 Å². The Labute approximate surface area is 231 Å². The van der Waals surface area contributed by atoms with Gasteiger partial charge in [0.15, 0.2) is 12.5 Å². The number of nitrogens with zero attached hydrogens (tertiary/aromatic N) is 2. The van der Waals surface area contributed by atoms with Gasteiger partial charge < -0.3 is 31.1 Å². The Bertz CT molecular complexity index is 1130. The summed E-state index contributed by atoms with van der Waals surface area (Å²) in [5.41, 5.74) is 0.727. The Kier molecular flexibility index (Phi) is 9.53. The average molecular weight is 559 g/mol. The zero-order valence-electron chi connectivity index (χ0n) is 22.2. The number of amides is 5. The number of urea groups is 1. The Balaban J connectivity index is 1.30. The molecule has 2 aliphatic heterocycles. The third-order valence-electron chi connectivity index (χ3n) is 7.24. The Hall–Kier alpha value is -4.20. The van der Waals surface area contributed by atoms with Gasteiger partial charge in [0.1, 0.15) is 19.3 Å². The molecule has 1 saturated heterocycles. The van der Waals surface area contributed by atoms with Crippen molar-refractivity contribution in [2.75, 3.05) is 26.2 Å². The van der Waals surface area contributed by atoms with E-state index in [1.54, 1.807) is 24.3 Å². The van der Waals surface area contributed by atoms with Gasteiger partial charge >= 0.3 is 24.0 Å². The summed E-state index contributed by atoms with van der Waals surface area (Å²) >= 11 is 0. The summed E-state index contributed by atoms with van der Waals surface area (Å²) in [4.78, 5) is 66.7. The maximum atomic E-state index is 12.9. The summed E-state index contributed by atoms with van der Waals surface area (Å²) in [6.45, 7) is -0.303. The minimum absolute atomic E-state index is 0.0492. The number of alkyl carbamates (subject to hydrolysis) is 1. The van der Waals surface area contributed by atoms with E-state index < -0.39 is 53.5 Å². The molecule has 1 saturated carbocycles. The van der Waals surface area contributed by atoms with E-state index in [4.69, 9.17) is 4.74 Å². The van der Waals surface area contributed by atoms with E-state index in [0.29, 0.717) is 25.0 Å². The first-order valence-electron chi connectivity index (χ1n) is 13.5. The van der Waals surface area contributed by atoms with Gasteiger partial charge in [-0.3, -0.25) is 14.9 Å². The molecule has 2 heterocycles. The standard InChI is InChI=1S/C26H35N7O7/c34-21(31-20(13-23(36)37)32-26(39)40-16-17-7-2-1-3-8-17)15-33(22(35)14-28-25(33)38)12-6-11-27-24-29-18-9-4-5-10-19(18)30-24/h1-3,7-8,18-20H,4-6,9-16H2,(H5-,27,28,29,30,31,32,34,36,37,38,39)/p+1. The fraction of sp³-hybridized carbons (Fsp3) is 0.538. The van der Waals surface area contributed by atoms with Crippen LogP contribution in [0.1, 0.15) is 44.1 Å². The van der Waals surface area contributed by atoms with Crippen LogP contribution in [0.15, 0.2) is 35.3 Å². The fourth-order valence-corrected chi connectivity index (χ4v) is 5.20. The third-order valence-corrected chi connectivity index (χ3v) is 7.24. The highest BCUT2D eigenvalue weighted by Crippen LogP contribution is 2.24. The normalized spacial score (nSPS) is 24.1. The van der Waals surface area contributed by atoms with Crippen molar-refractivity contribution >= 4 is 35.9 Å². The lowest BCUT2D eigenvalue weighted by Gasteiger charge is -2.28. The van der Waals surface area contributed by atoms with Crippen molar-refractivity contribution in [1.82, 2.24) is 26.6 Å². The molecule has 3 aliphatic rings. The smallest absolute Gasteiger partial charge is 0.425 e. The monoisotopic (exact) mass is 558 g/mol. The van der Waals surface area contributed by atoms with E-state index in [2.05, 4.69) is 31.6 Å². The first-order valence-corrected chi connectivity index (χ1v) is 13.5. The lowest BCUT2D eigenvalue weighted by atomic mass is 9.92. The molecule has 0 aromatic heterocycles. The number of aliphatic carboxylic acids is 1. The number of guanidine groups is 1. The van der Waals surface area contributed by atoms with Crippen molar-refractivity contribution in [3.05, 3.63) is 35.9 Å². The number of ether oxygens (including phenoxy) is 1. The van der Waals surface area contributed by atoms with Gasteiger partial charge in [0.25, 0.3) is 5.91 Å². The molecule has 2 fully saturated rings. The summed E-state index contributed by atoms with van der Waals surface area (Å²) in [6.07, 6.45) is 1.98. The SMILES string of the molecule is O=C(O)CC(NC(=O)C[N+]1(CCCNC2=NC3CCCCC3N2)C(=O)CNC1=O)NC(=O)OCc1ccccc1. The second-order valence-corrected chi connectivity index (χ2v) is 10.2. The fourth-order valence-electron chi connectivity index (χ4n) is 5.20. The van der Waals surface area contributed by atoms with Crippen LogP contribution in [0.25, 0.3) is 0 Å². The third kappa shape index (κ3) is 7.46. The van der Waals surface area contributed by atoms with Crippen LogP contribution in [0.3, 0.4) is 0 Å². The van der Waals surface area contributed by atoms with Crippen LogP contribution in [-0.4, -0.2) is 89.9 Å². The minimum atomic E-state index is -1.31. The van der Waals surface area contributed by atoms with Crippen molar-refractivity contribution < 1.29 is 38.3 Å². The molecule has 14 heteroatoms. The maximum absolute atomic E-state index is 12.9. The summed E-state index contributed by atoms with van der Waals surface area (Å²) < 4.78 is 4.36. The Morgan fingerprint density at radius 2 is 1.90 bits per heavy atom. The molecule has 1 aliphatic carbocycles. The Morgan fingerprint density at radius 1 is 1.12 bits per heavy atom. The van der Waals surface area contributed by atoms with Gasteiger partial charge in [-0.1, -0.05) is 43.2 Å². The number of benzene rings is 1. The number of nitrogens with one attached hydrogen (secondary N) is 5. The highest BCUT2D eigenvalue weighted by Gasteiger charge is 2.51. The van der Waals surface area contributed by atoms with Crippen molar-refractivity contribution in [3.8, 4) is 0 Å². The Morgan fingerprint density at radius 3 is 2.60 bits per heavy atom. The van der Waals surface area contributed by atoms with Crippen LogP contribution in [0, 0.1) is 0 Å². The summed E-state index contributed by atoms with van der Waals surface area (Å²) in [7, 11) is 0. The number of aliphatic imine (C=N–C) groups is 1. The van der Waals surface area contributed by atoms with Gasteiger partial charge in [-0.2, -0.15) is 4.48 Å². The van der Waals surface area contributed by atoms with Crippen LogP contribution < -0.4 is 26.6 Å². The molecule has 4 unspecified atom stereocenters. The van der Waals surface area contributed by atoms with Crippen LogP contribution in [-0.2, 0) is 25.7 Å². The topological polar surface area (TPSA) is 187 Å². The van der Waals surface area contributed by atoms with Gasteiger partial charge in [0, 0.05) is 13.0 Å². The second kappa shape index (κ2) is 13.2. The molecular weight excluding hydrogens is 522 g/mol. The molecule has 4 rings (SSSR count). The molecule has 0 spiro atoms. The summed E-state index contributed by atoms with van der Waals surface area (Å²) in [5, 5.41) is 23.1. The van der Waals surface area contributed by atoms with E-state index >= 15 is 0 Å². The van der Waals surface area contributed by atoms with Crippen molar-refractivity contribution in [2.45, 2.75) is 63.4 Å². The highest BCUT2D eigenvalue weighted by molar-refractivity contribution is 5.95. The number of quaternary nitrogens is 1. The zero-order valence-corrected chi connectivity index (χ0v) is 22.2. The lowest BCUT2D eigenvalue weighted by Crippen LogP contribution is -2.60. The summed E-state index contributed by atoms with van der Waals surface area (Å²) in [6, 6.07) is 8.88. The highest BCUT2D eigenvalue weighted by atomic mass is 16.5. The number of imide groups is 1. The molecule has 40 heavy (non-hydrogen) atoms. The molecule has 0 radical (unpaired) electrons. The number of carboxylic acid groups (broad SMARTS) is 1. The largest absolute Gasteiger partial charge is 0.481 e. The first kappa shape index (κ1) is 28.8. The second-order valence-electron chi connectivity index (χ2n) is 10.2. The molecule has 6 N–H and O–H groups in total. The predicted molar refractivity (Wildman–Crippen MR) is 142 cm³/mol. The van der Waals surface area contributed by atoms with Crippen molar-refractivity contribution in [1.29, 1.82) is 0 Å². The molecule has 14 nitrogen and oxygen atoms in total. The minimum Gasteiger partial charge on any atom is -0.481 e. The number of fused-ring (bicyclic) bond motifs is 1. The number of carbonyl (C=O) groups excluding carboxylic acids is 4. The molecule has 0 bridgehead atoms. The zero-order chi connectivity index (χ0) is 28.5. The molecule has 1 aromatic carbocycles. The number of hydrogen-bond donors (Lipinski definition) is 6. The van der Waals surface area contributed by atoms with Gasteiger partial charge in [-0.15, -0.1) is 0 Å². The van der Waals surface area contributed by atoms with E-state index in [0.717, 1.165) is 24.8 Å². The van der Waals surface area contributed by atoms with E-state index in [9.17, 15) is 29.1 Å². The molecule has 4 atom stereocenters. The van der Waals surface area contributed by atoms with Gasteiger partial charge in [0.05, 0.1) is 25.0 Å². The quantitative estimate of drug-likeness (QED) is 0.0898. The predicted octanol–water partition coefficient (Wildman–Crippen LogP) is 0.147. The van der Waals surface area contributed by atoms with Gasteiger partial charge in [-0.25, -0.2) is 19.4 Å². The van der Waals surface area contributed by atoms with Crippen LogP contribution in [0.5, 0.6) is 0 Å². The molecule has 1 aromatic rings. The van der Waals surface area contributed by atoms with Crippen LogP contribution in [0.4, 0.5) is 9.59 Å². The average Bonchev–Trinajstić information content (AvgIpc) is 3.46. The molecule has 216 valence electrons. The van der Waals surface area contributed by atoms with Crippen molar-refractivity contribution in [2.24, 2.45) is 4.99 Å².